The number of nitrogens with one attached hydrogen (secondary N) is 2. The fourth-order valence-corrected chi connectivity index (χ4v) is 2.05. The van der Waals surface area contributed by atoms with Crippen molar-refractivity contribution in [1.82, 2.24) is 9.97 Å². The average molecular weight is 330 g/mol. The minimum absolute atomic E-state index is 0.475. The summed E-state index contributed by atoms with van der Waals surface area (Å²) in [6.07, 6.45) is -2.97. The first-order chi connectivity index (χ1) is 11.5. The molecule has 0 unspecified atom stereocenters. The Labute approximate surface area is 136 Å². The Hall–Kier alpha value is -3.09. The molecular weight excluding hydrogens is 317 g/mol. The van der Waals surface area contributed by atoms with Crippen molar-refractivity contribution in [2.45, 2.75) is 6.18 Å². The Morgan fingerprint density at radius 1 is 0.708 bits per heavy atom. The van der Waals surface area contributed by atoms with Gasteiger partial charge in [-0.3, -0.25) is 0 Å². The lowest BCUT2D eigenvalue weighted by Crippen LogP contribution is -2.04. The lowest BCUT2D eigenvalue weighted by Gasteiger charge is -2.10. The van der Waals surface area contributed by atoms with Crippen LogP contribution in [-0.4, -0.2) is 9.97 Å². The van der Waals surface area contributed by atoms with E-state index in [0.29, 0.717) is 17.3 Å². The number of hydrogen-bond donors (Lipinski definition) is 2. The van der Waals surface area contributed by atoms with E-state index >= 15 is 0 Å². The second kappa shape index (κ2) is 6.57. The van der Waals surface area contributed by atoms with Crippen molar-refractivity contribution in [3.05, 3.63) is 72.6 Å². The molecule has 0 bridgehead atoms. The molecule has 3 rings (SSSR count). The van der Waals surface area contributed by atoms with Crippen LogP contribution in [0.2, 0.25) is 0 Å². The summed E-state index contributed by atoms with van der Waals surface area (Å²) < 4.78 is 37.7. The summed E-state index contributed by atoms with van der Waals surface area (Å²) in [5, 5.41) is 6.07. The standard InChI is InChI=1S/C17H13F3N4/c18-17(19,20)12-6-8-14(9-7-12)24-16-10-15(21-11-22-16)23-13-4-2-1-3-5-13/h1-11H,(H2,21,22,23,24). The molecule has 0 fully saturated rings. The Bertz CT molecular complexity index is 802. The van der Waals surface area contributed by atoms with E-state index in [1.165, 1.54) is 18.5 Å². The summed E-state index contributed by atoms with van der Waals surface area (Å²) in [4.78, 5) is 8.17. The third-order valence-corrected chi connectivity index (χ3v) is 3.20. The van der Waals surface area contributed by atoms with E-state index in [9.17, 15) is 13.2 Å². The maximum absolute atomic E-state index is 12.6. The summed E-state index contributed by atoms with van der Waals surface area (Å²) in [7, 11) is 0. The Balaban J connectivity index is 1.73. The largest absolute Gasteiger partial charge is 0.416 e. The van der Waals surface area contributed by atoms with Gasteiger partial charge < -0.3 is 10.6 Å². The molecule has 0 aliphatic carbocycles. The Kier molecular flexibility index (Phi) is 4.33. The van der Waals surface area contributed by atoms with E-state index in [2.05, 4.69) is 20.6 Å². The van der Waals surface area contributed by atoms with Crippen LogP contribution in [0.25, 0.3) is 0 Å². The summed E-state index contributed by atoms with van der Waals surface area (Å²) >= 11 is 0. The molecule has 0 atom stereocenters. The van der Waals surface area contributed by atoms with E-state index < -0.39 is 11.7 Å². The first-order valence-electron chi connectivity index (χ1n) is 7.09. The molecule has 0 saturated heterocycles. The van der Waals surface area contributed by atoms with Gasteiger partial charge in [-0.2, -0.15) is 13.2 Å². The summed E-state index contributed by atoms with van der Waals surface area (Å²) in [6, 6.07) is 15.9. The SMILES string of the molecule is FC(F)(F)c1ccc(Nc2cc(Nc3ccccc3)ncn2)cc1. The van der Waals surface area contributed by atoms with E-state index in [1.807, 2.05) is 30.3 Å². The molecule has 2 N–H and O–H groups in total. The third-order valence-electron chi connectivity index (χ3n) is 3.20. The van der Waals surface area contributed by atoms with Crippen LogP contribution in [0, 0.1) is 0 Å². The number of aromatic nitrogens is 2. The van der Waals surface area contributed by atoms with Gasteiger partial charge in [0.25, 0.3) is 0 Å². The van der Waals surface area contributed by atoms with Gasteiger partial charge in [0.15, 0.2) is 0 Å². The first-order valence-corrected chi connectivity index (χ1v) is 7.09. The van der Waals surface area contributed by atoms with Crippen molar-refractivity contribution in [2.24, 2.45) is 0 Å². The summed E-state index contributed by atoms with van der Waals surface area (Å²) in [5.74, 6) is 1.05. The van der Waals surface area contributed by atoms with Crippen LogP contribution in [0.1, 0.15) is 5.56 Å². The zero-order valence-corrected chi connectivity index (χ0v) is 12.4. The quantitative estimate of drug-likeness (QED) is 0.708. The van der Waals surface area contributed by atoms with Crippen molar-refractivity contribution < 1.29 is 13.2 Å². The third kappa shape index (κ3) is 4.01. The van der Waals surface area contributed by atoms with Crippen LogP contribution in [0.4, 0.5) is 36.2 Å². The maximum Gasteiger partial charge on any atom is 0.416 e. The van der Waals surface area contributed by atoms with Crippen molar-refractivity contribution in [3.8, 4) is 0 Å². The second-order valence-corrected chi connectivity index (χ2v) is 4.98. The smallest absolute Gasteiger partial charge is 0.340 e. The van der Waals surface area contributed by atoms with Gasteiger partial charge in [-0.05, 0) is 36.4 Å². The molecule has 0 spiro atoms. The fraction of sp³-hybridized carbons (Fsp3) is 0.0588. The van der Waals surface area contributed by atoms with E-state index in [-0.39, 0.29) is 0 Å². The summed E-state index contributed by atoms with van der Waals surface area (Å²) in [5.41, 5.74) is 0.686. The van der Waals surface area contributed by atoms with Gasteiger partial charge in [0.1, 0.15) is 18.0 Å². The number of nitrogens with zero attached hydrogens (tertiary/aromatic N) is 2. The molecule has 0 radical (unpaired) electrons. The highest BCUT2D eigenvalue weighted by Gasteiger charge is 2.29. The molecule has 1 aromatic heterocycles. The number of alkyl halides is 3. The van der Waals surface area contributed by atoms with E-state index in [0.717, 1.165) is 17.8 Å². The molecule has 0 amide bonds. The lowest BCUT2D eigenvalue weighted by atomic mass is 10.2. The number of halogens is 3. The van der Waals surface area contributed by atoms with Crippen LogP contribution in [0.15, 0.2) is 67.0 Å². The molecule has 122 valence electrons. The highest BCUT2D eigenvalue weighted by Crippen LogP contribution is 2.30. The van der Waals surface area contributed by atoms with Crippen molar-refractivity contribution in [2.75, 3.05) is 10.6 Å². The van der Waals surface area contributed by atoms with Crippen molar-refractivity contribution in [1.29, 1.82) is 0 Å². The van der Waals surface area contributed by atoms with Crippen LogP contribution < -0.4 is 10.6 Å². The van der Waals surface area contributed by atoms with Gasteiger partial charge in [-0.25, -0.2) is 9.97 Å². The maximum atomic E-state index is 12.6. The number of anilines is 4. The van der Waals surface area contributed by atoms with Crippen LogP contribution in [-0.2, 0) is 6.18 Å². The molecule has 24 heavy (non-hydrogen) atoms. The zero-order chi connectivity index (χ0) is 17.0. The van der Waals surface area contributed by atoms with Gasteiger partial charge >= 0.3 is 6.18 Å². The molecular formula is C17H13F3N4. The average Bonchev–Trinajstić information content (AvgIpc) is 2.56. The molecule has 0 aliphatic heterocycles. The Morgan fingerprint density at radius 3 is 1.79 bits per heavy atom. The van der Waals surface area contributed by atoms with E-state index in [4.69, 9.17) is 0 Å². The van der Waals surface area contributed by atoms with Crippen LogP contribution >= 0.6 is 0 Å². The van der Waals surface area contributed by atoms with Gasteiger partial charge in [-0.1, -0.05) is 18.2 Å². The Morgan fingerprint density at radius 2 is 1.25 bits per heavy atom. The topological polar surface area (TPSA) is 49.8 Å². The highest BCUT2D eigenvalue weighted by molar-refractivity contribution is 5.62. The van der Waals surface area contributed by atoms with Crippen molar-refractivity contribution in [3.63, 3.8) is 0 Å². The molecule has 0 aliphatic rings. The summed E-state index contributed by atoms with van der Waals surface area (Å²) in [6.45, 7) is 0. The van der Waals surface area contributed by atoms with Crippen molar-refractivity contribution >= 4 is 23.0 Å². The molecule has 0 saturated carbocycles. The van der Waals surface area contributed by atoms with Gasteiger partial charge in [0, 0.05) is 17.4 Å². The fourth-order valence-electron chi connectivity index (χ4n) is 2.05. The van der Waals surface area contributed by atoms with Gasteiger partial charge in [-0.15, -0.1) is 0 Å². The first kappa shape index (κ1) is 15.8. The molecule has 4 nitrogen and oxygen atoms in total. The lowest BCUT2D eigenvalue weighted by molar-refractivity contribution is -0.137. The molecule has 2 aromatic carbocycles. The number of hydrogen-bond acceptors (Lipinski definition) is 4. The monoisotopic (exact) mass is 330 g/mol. The normalized spacial score (nSPS) is 11.1. The predicted molar refractivity (Wildman–Crippen MR) is 86.5 cm³/mol. The van der Waals surface area contributed by atoms with Crippen LogP contribution in [0.5, 0.6) is 0 Å². The van der Waals surface area contributed by atoms with Gasteiger partial charge in [0.05, 0.1) is 5.56 Å². The molecule has 7 heteroatoms. The molecule has 1 heterocycles. The number of benzene rings is 2. The predicted octanol–water partition coefficient (Wildman–Crippen LogP) is 4.98. The van der Waals surface area contributed by atoms with E-state index in [1.54, 1.807) is 6.07 Å². The van der Waals surface area contributed by atoms with Gasteiger partial charge in [0.2, 0.25) is 0 Å². The number of para-hydroxylation sites is 1. The second-order valence-electron chi connectivity index (χ2n) is 4.98. The zero-order valence-electron chi connectivity index (χ0n) is 12.4. The number of rotatable bonds is 4. The minimum atomic E-state index is -4.35. The van der Waals surface area contributed by atoms with Crippen LogP contribution in [0.3, 0.4) is 0 Å². The highest BCUT2D eigenvalue weighted by atomic mass is 19.4. The molecule has 3 aromatic rings. The minimum Gasteiger partial charge on any atom is -0.340 e.